The van der Waals surface area contributed by atoms with E-state index >= 15 is 0 Å². The van der Waals surface area contributed by atoms with Crippen molar-refractivity contribution >= 4 is 34.4 Å². The van der Waals surface area contributed by atoms with Gasteiger partial charge in [-0.05, 0) is 17.7 Å². The normalized spacial score (nSPS) is 10.8. The van der Waals surface area contributed by atoms with Gasteiger partial charge in [0.05, 0.1) is 17.6 Å². The molecule has 0 fully saturated rings. The summed E-state index contributed by atoms with van der Waals surface area (Å²) in [7, 11) is 0. The summed E-state index contributed by atoms with van der Waals surface area (Å²) in [4.78, 5) is 35.5. The fourth-order valence-electron chi connectivity index (χ4n) is 2.78. The molecule has 2 aromatic heterocycles. The topological polar surface area (TPSA) is 123 Å². The second-order valence-corrected chi connectivity index (χ2v) is 7.14. The Labute approximate surface area is 169 Å². The molecule has 0 aliphatic rings. The second kappa shape index (κ2) is 8.11. The van der Waals surface area contributed by atoms with Crippen LogP contribution in [0.5, 0.6) is 0 Å². The van der Waals surface area contributed by atoms with Crippen molar-refractivity contribution < 1.29 is 14.3 Å². The number of hydrogen-bond acceptors (Lipinski definition) is 6. The van der Waals surface area contributed by atoms with Crippen LogP contribution in [0.4, 0.5) is 4.79 Å². The van der Waals surface area contributed by atoms with Crippen LogP contribution >= 0.6 is 11.3 Å². The first kappa shape index (κ1) is 18.6. The summed E-state index contributed by atoms with van der Waals surface area (Å²) >= 11 is 1.39. The monoisotopic (exact) mass is 407 g/mol. The molecule has 0 aliphatic heterocycles. The Bertz CT molecular complexity index is 1170. The van der Waals surface area contributed by atoms with Gasteiger partial charge in [-0.2, -0.15) is 0 Å². The lowest BCUT2D eigenvalue weighted by molar-refractivity contribution is 0.100. The molecule has 0 saturated carbocycles. The highest BCUT2D eigenvalue weighted by Gasteiger charge is 2.14. The average Bonchev–Trinajstić information content (AvgIpc) is 3.37. The number of fused-ring (bicyclic) bond motifs is 1. The maximum atomic E-state index is 11.9. The number of nitrogens with two attached hydrogens (primary N) is 1. The van der Waals surface area contributed by atoms with Gasteiger partial charge in [0, 0.05) is 5.38 Å². The minimum absolute atomic E-state index is 0.205. The van der Waals surface area contributed by atoms with Crippen molar-refractivity contribution in [3.63, 3.8) is 0 Å². The molecule has 29 heavy (non-hydrogen) atoms. The van der Waals surface area contributed by atoms with E-state index in [0.29, 0.717) is 33.1 Å². The van der Waals surface area contributed by atoms with Gasteiger partial charge in [-0.15, -0.1) is 11.3 Å². The molecule has 2 amide bonds. The molecule has 0 bridgehead atoms. The third kappa shape index (κ3) is 4.25. The Morgan fingerprint density at radius 1 is 1.10 bits per heavy atom. The predicted octanol–water partition coefficient (Wildman–Crippen LogP) is 3.21. The number of benzene rings is 2. The fourth-order valence-corrected chi connectivity index (χ4v) is 3.49. The number of amides is 2. The molecular weight excluding hydrogens is 390 g/mol. The third-order valence-electron chi connectivity index (χ3n) is 4.17. The number of nitrogens with zero attached hydrogens (tertiary/aromatic N) is 2. The lowest BCUT2D eigenvalue weighted by Crippen LogP contribution is -2.23. The van der Waals surface area contributed by atoms with Gasteiger partial charge in [-0.3, -0.25) is 4.79 Å². The number of thiazole rings is 1. The Hall–Kier alpha value is -3.72. The average molecular weight is 407 g/mol. The van der Waals surface area contributed by atoms with E-state index in [2.05, 4.69) is 20.3 Å². The summed E-state index contributed by atoms with van der Waals surface area (Å²) in [6, 6.07) is 14.6. The number of H-pyrrole nitrogens is 1. The van der Waals surface area contributed by atoms with Crippen LogP contribution in [-0.2, 0) is 17.9 Å². The van der Waals surface area contributed by atoms with Crippen LogP contribution in [0.25, 0.3) is 22.6 Å². The number of nitrogens with one attached hydrogen (secondary N) is 2. The van der Waals surface area contributed by atoms with Crippen molar-refractivity contribution in [2.24, 2.45) is 5.73 Å². The zero-order valence-electron chi connectivity index (χ0n) is 15.2. The number of primary amides is 1. The van der Waals surface area contributed by atoms with E-state index in [1.807, 2.05) is 41.8 Å². The summed E-state index contributed by atoms with van der Waals surface area (Å²) in [5, 5.41) is 5.21. The second-order valence-electron chi connectivity index (χ2n) is 6.19. The minimum atomic E-state index is -0.536. The number of rotatable bonds is 6. The highest BCUT2D eigenvalue weighted by atomic mass is 32.1. The van der Waals surface area contributed by atoms with E-state index in [0.717, 1.165) is 5.56 Å². The number of aromatic amines is 1. The SMILES string of the molecule is NC(=O)c1cccc2[nH]c(-c3csc(CNC(=O)OCc4ccccc4)n3)nc12. The molecule has 4 rings (SSSR count). The van der Waals surface area contributed by atoms with E-state index in [1.54, 1.807) is 12.1 Å². The maximum absolute atomic E-state index is 11.9. The van der Waals surface area contributed by atoms with Gasteiger partial charge < -0.3 is 20.8 Å². The zero-order chi connectivity index (χ0) is 20.2. The van der Waals surface area contributed by atoms with Gasteiger partial charge in [-0.25, -0.2) is 14.8 Å². The van der Waals surface area contributed by atoms with Crippen molar-refractivity contribution in [3.05, 3.63) is 70.0 Å². The Balaban J connectivity index is 1.40. The fraction of sp³-hybridized carbons (Fsp3) is 0.100. The molecule has 0 saturated heterocycles. The van der Waals surface area contributed by atoms with Crippen molar-refractivity contribution in [2.45, 2.75) is 13.2 Å². The number of ether oxygens (including phenoxy) is 1. The summed E-state index contributed by atoms with van der Waals surface area (Å²) in [6.45, 7) is 0.446. The van der Waals surface area contributed by atoms with Crippen molar-refractivity contribution in [1.29, 1.82) is 0 Å². The van der Waals surface area contributed by atoms with E-state index in [4.69, 9.17) is 10.5 Å². The smallest absolute Gasteiger partial charge is 0.407 e. The predicted molar refractivity (Wildman–Crippen MR) is 109 cm³/mol. The van der Waals surface area contributed by atoms with Crippen LogP contribution in [0.2, 0.25) is 0 Å². The molecule has 4 N–H and O–H groups in total. The number of para-hydroxylation sites is 1. The summed E-state index contributed by atoms with van der Waals surface area (Å²) in [5.74, 6) is -0.00585. The highest BCUT2D eigenvalue weighted by Crippen LogP contribution is 2.24. The number of carbonyl (C=O) groups is 2. The molecule has 4 aromatic rings. The van der Waals surface area contributed by atoms with Gasteiger partial charge in [0.1, 0.15) is 22.8 Å². The molecule has 2 heterocycles. The van der Waals surface area contributed by atoms with Crippen LogP contribution in [0.15, 0.2) is 53.9 Å². The van der Waals surface area contributed by atoms with Crippen LogP contribution < -0.4 is 11.1 Å². The van der Waals surface area contributed by atoms with Gasteiger partial charge in [0.2, 0.25) is 0 Å². The lowest BCUT2D eigenvalue weighted by atomic mass is 10.2. The molecular formula is C20H17N5O3S. The first-order chi connectivity index (χ1) is 14.1. The van der Waals surface area contributed by atoms with Crippen molar-refractivity contribution in [3.8, 4) is 11.5 Å². The third-order valence-corrected chi connectivity index (χ3v) is 5.02. The van der Waals surface area contributed by atoms with Crippen molar-refractivity contribution in [1.82, 2.24) is 20.3 Å². The Morgan fingerprint density at radius 2 is 1.93 bits per heavy atom. The first-order valence-corrected chi connectivity index (χ1v) is 9.66. The minimum Gasteiger partial charge on any atom is -0.445 e. The Morgan fingerprint density at radius 3 is 2.72 bits per heavy atom. The number of carbonyl (C=O) groups excluding carboxylic acids is 2. The Kier molecular flexibility index (Phi) is 5.21. The van der Waals surface area contributed by atoms with Crippen LogP contribution in [0.3, 0.4) is 0 Å². The van der Waals surface area contributed by atoms with Crippen LogP contribution in [-0.4, -0.2) is 27.0 Å². The number of alkyl carbamates (subject to hydrolysis) is 1. The van der Waals surface area contributed by atoms with E-state index < -0.39 is 12.0 Å². The number of imidazole rings is 1. The molecule has 0 unspecified atom stereocenters. The lowest BCUT2D eigenvalue weighted by Gasteiger charge is -2.05. The largest absolute Gasteiger partial charge is 0.445 e. The summed E-state index contributed by atoms with van der Waals surface area (Å²) in [5.41, 5.74) is 8.50. The molecule has 0 radical (unpaired) electrons. The van der Waals surface area contributed by atoms with Crippen LogP contribution in [0, 0.1) is 0 Å². The highest BCUT2D eigenvalue weighted by molar-refractivity contribution is 7.09. The molecule has 0 aliphatic carbocycles. The maximum Gasteiger partial charge on any atom is 0.407 e. The standard InChI is InChI=1S/C20H17N5O3S/c21-18(26)13-7-4-8-14-17(13)25-19(24-14)15-11-29-16(23-15)9-22-20(27)28-10-12-5-2-1-3-6-12/h1-8,11H,9-10H2,(H2,21,26)(H,22,27)(H,24,25). The van der Waals surface area contributed by atoms with Gasteiger partial charge in [0.15, 0.2) is 5.82 Å². The van der Waals surface area contributed by atoms with Gasteiger partial charge in [0.25, 0.3) is 5.91 Å². The number of aromatic nitrogens is 3. The quantitative estimate of drug-likeness (QED) is 0.453. The first-order valence-electron chi connectivity index (χ1n) is 8.78. The summed E-state index contributed by atoms with van der Waals surface area (Å²) in [6.07, 6.45) is -0.513. The molecule has 8 nitrogen and oxygen atoms in total. The number of hydrogen-bond donors (Lipinski definition) is 3. The van der Waals surface area contributed by atoms with Gasteiger partial charge in [-0.1, -0.05) is 36.4 Å². The molecule has 0 atom stereocenters. The molecule has 2 aromatic carbocycles. The zero-order valence-corrected chi connectivity index (χ0v) is 16.0. The van der Waals surface area contributed by atoms with E-state index in [-0.39, 0.29) is 13.2 Å². The van der Waals surface area contributed by atoms with E-state index in [9.17, 15) is 9.59 Å². The summed E-state index contributed by atoms with van der Waals surface area (Å²) < 4.78 is 5.18. The van der Waals surface area contributed by atoms with Gasteiger partial charge >= 0.3 is 6.09 Å². The van der Waals surface area contributed by atoms with E-state index in [1.165, 1.54) is 11.3 Å². The molecule has 146 valence electrons. The molecule has 9 heteroatoms. The molecule has 0 spiro atoms. The van der Waals surface area contributed by atoms with Crippen molar-refractivity contribution in [2.75, 3.05) is 0 Å². The van der Waals surface area contributed by atoms with Crippen LogP contribution in [0.1, 0.15) is 20.9 Å².